The van der Waals surface area contributed by atoms with E-state index in [9.17, 15) is 8.42 Å². The Morgan fingerprint density at radius 3 is 2.71 bits per heavy atom. The summed E-state index contributed by atoms with van der Waals surface area (Å²) in [6.45, 7) is 2.34. The number of hydrogen-bond donors (Lipinski definition) is 1. The first-order chi connectivity index (χ1) is 8.03. The maximum Gasteiger partial charge on any atom is 0.214 e. The van der Waals surface area contributed by atoms with Crippen LogP contribution in [0.2, 0.25) is 0 Å². The Morgan fingerprint density at radius 1 is 1.53 bits per heavy atom. The predicted molar refractivity (Wildman–Crippen MR) is 68.8 cm³/mol. The first kappa shape index (κ1) is 13.0. The van der Waals surface area contributed by atoms with Gasteiger partial charge < -0.3 is 4.74 Å². The highest BCUT2D eigenvalue weighted by Gasteiger charge is 2.35. The van der Waals surface area contributed by atoms with Gasteiger partial charge in [0.2, 0.25) is 10.0 Å². The van der Waals surface area contributed by atoms with Crippen LogP contribution in [0.5, 0.6) is 0 Å². The number of methoxy groups -OCH3 is 1. The SMILES string of the molecule is CO[C@H](CNS(=O)(=O)C1CC1)c1ccc(C)s1. The van der Waals surface area contributed by atoms with Gasteiger partial charge in [0, 0.05) is 23.4 Å². The van der Waals surface area contributed by atoms with Crippen molar-refractivity contribution in [2.45, 2.75) is 31.1 Å². The zero-order valence-corrected chi connectivity index (χ0v) is 11.6. The minimum Gasteiger partial charge on any atom is -0.375 e. The van der Waals surface area contributed by atoms with Gasteiger partial charge in [0.1, 0.15) is 6.10 Å². The molecule has 1 heterocycles. The number of ether oxygens (including phenoxy) is 1. The number of nitrogens with one attached hydrogen (secondary N) is 1. The van der Waals surface area contributed by atoms with Crippen molar-refractivity contribution in [2.75, 3.05) is 13.7 Å². The molecule has 1 N–H and O–H groups in total. The van der Waals surface area contributed by atoms with Crippen molar-refractivity contribution in [3.05, 3.63) is 21.9 Å². The van der Waals surface area contributed by atoms with E-state index < -0.39 is 10.0 Å². The van der Waals surface area contributed by atoms with Gasteiger partial charge in [-0.2, -0.15) is 0 Å². The van der Waals surface area contributed by atoms with E-state index >= 15 is 0 Å². The third-order valence-corrected chi connectivity index (χ3v) is 5.81. The lowest BCUT2D eigenvalue weighted by Crippen LogP contribution is -2.31. The van der Waals surface area contributed by atoms with E-state index in [-0.39, 0.29) is 11.4 Å². The van der Waals surface area contributed by atoms with E-state index in [0.717, 1.165) is 17.7 Å². The number of sulfonamides is 1. The maximum absolute atomic E-state index is 11.7. The highest BCUT2D eigenvalue weighted by atomic mass is 32.2. The van der Waals surface area contributed by atoms with E-state index in [1.165, 1.54) is 4.88 Å². The Balaban J connectivity index is 1.96. The molecule has 96 valence electrons. The van der Waals surface area contributed by atoms with E-state index in [2.05, 4.69) is 4.72 Å². The monoisotopic (exact) mass is 275 g/mol. The molecule has 0 bridgehead atoms. The second kappa shape index (κ2) is 5.06. The van der Waals surface area contributed by atoms with Crippen molar-refractivity contribution in [3.63, 3.8) is 0 Å². The van der Waals surface area contributed by atoms with Crippen molar-refractivity contribution in [3.8, 4) is 0 Å². The second-order valence-electron chi connectivity index (χ2n) is 4.27. The minimum absolute atomic E-state index is 0.176. The smallest absolute Gasteiger partial charge is 0.214 e. The molecule has 17 heavy (non-hydrogen) atoms. The largest absolute Gasteiger partial charge is 0.375 e. The molecular weight excluding hydrogens is 258 g/mol. The lowest BCUT2D eigenvalue weighted by atomic mass is 10.3. The molecule has 6 heteroatoms. The molecule has 1 atom stereocenters. The summed E-state index contributed by atoms with van der Waals surface area (Å²) in [6, 6.07) is 4.00. The fraction of sp³-hybridized carbons (Fsp3) is 0.636. The van der Waals surface area contributed by atoms with Gasteiger partial charge in [-0.05, 0) is 31.9 Å². The summed E-state index contributed by atoms with van der Waals surface area (Å²) in [7, 11) is -1.52. The molecular formula is C11H17NO3S2. The molecule has 0 aromatic carbocycles. The van der Waals surface area contributed by atoms with Crippen molar-refractivity contribution < 1.29 is 13.2 Å². The molecule has 2 rings (SSSR count). The summed E-state index contributed by atoms with van der Waals surface area (Å²) in [5, 5.41) is -0.176. The average molecular weight is 275 g/mol. The van der Waals surface area contributed by atoms with Crippen molar-refractivity contribution in [1.82, 2.24) is 4.72 Å². The molecule has 1 aliphatic carbocycles. The second-order valence-corrected chi connectivity index (χ2v) is 7.63. The zero-order valence-electron chi connectivity index (χ0n) is 9.97. The van der Waals surface area contributed by atoms with E-state index in [4.69, 9.17) is 4.74 Å². The lowest BCUT2D eigenvalue weighted by molar-refractivity contribution is 0.110. The van der Waals surface area contributed by atoms with Gasteiger partial charge in [-0.1, -0.05) is 0 Å². The molecule has 1 aromatic rings. The Hall–Kier alpha value is -0.430. The van der Waals surface area contributed by atoms with Crippen LogP contribution < -0.4 is 4.72 Å². The van der Waals surface area contributed by atoms with Gasteiger partial charge in [0.15, 0.2) is 0 Å². The number of rotatable bonds is 6. The molecule has 1 saturated carbocycles. The summed E-state index contributed by atoms with van der Waals surface area (Å²) < 4.78 is 31.3. The van der Waals surface area contributed by atoms with Crippen LogP contribution >= 0.6 is 11.3 Å². The molecule has 0 amide bonds. The van der Waals surface area contributed by atoms with Crippen LogP contribution in [0, 0.1) is 6.92 Å². The van der Waals surface area contributed by atoms with Crippen LogP contribution in [-0.4, -0.2) is 27.3 Å². The van der Waals surface area contributed by atoms with Gasteiger partial charge >= 0.3 is 0 Å². The van der Waals surface area contributed by atoms with Gasteiger partial charge in [-0.25, -0.2) is 13.1 Å². The minimum atomic E-state index is -3.12. The Bertz CT molecular complexity index is 477. The summed E-state index contributed by atoms with van der Waals surface area (Å²) in [5.41, 5.74) is 0. The molecule has 1 fully saturated rings. The molecule has 0 aliphatic heterocycles. The third kappa shape index (κ3) is 3.28. The van der Waals surface area contributed by atoms with Crippen LogP contribution in [0.3, 0.4) is 0 Å². The van der Waals surface area contributed by atoms with Crippen molar-refractivity contribution in [2.24, 2.45) is 0 Å². The molecule has 0 saturated heterocycles. The van der Waals surface area contributed by atoms with Crippen LogP contribution in [0.25, 0.3) is 0 Å². The molecule has 0 radical (unpaired) electrons. The van der Waals surface area contributed by atoms with Crippen LogP contribution in [0.1, 0.15) is 28.7 Å². The maximum atomic E-state index is 11.7. The molecule has 4 nitrogen and oxygen atoms in total. The standard InChI is InChI=1S/C11H17NO3S2/c1-8-3-6-11(16-8)10(15-2)7-12-17(13,14)9-4-5-9/h3,6,9-10,12H,4-5,7H2,1-2H3/t10-/m1/s1. The van der Waals surface area contributed by atoms with E-state index in [1.807, 2.05) is 19.1 Å². The molecule has 0 spiro atoms. The van der Waals surface area contributed by atoms with Crippen molar-refractivity contribution >= 4 is 21.4 Å². The highest BCUT2D eigenvalue weighted by molar-refractivity contribution is 7.90. The fourth-order valence-corrected chi connectivity index (χ4v) is 3.95. The quantitative estimate of drug-likeness (QED) is 0.861. The predicted octanol–water partition coefficient (Wildman–Crippen LogP) is 1.83. The van der Waals surface area contributed by atoms with E-state index in [1.54, 1.807) is 18.4 Å². The van der Waals surface area contributed by atoms with Gasteiger partial charge in [0.25, 0.3) is 0 Å². The van der Waals surface area contributed by atoms with Gasteiger partial charge in [-0.3, -0.25) is 0 Å². The Kier molecular flexibility index (Phi) is 3.87. The van der Waals surface area contributed by atoms with Crippen LogP contribution in [0.4, 0.5) is 0 Å². The van der Waals surface area contributed by atoms with Crippen LogP contribution in [-0.2, 0) is 14.8 Å². The molecule has 1 aliphatic rings. The fourth-order valence-electron chi connectivity index (χ4n) is 1.61. The lowest BCUT2D eigenvalue weighted by Gasteiger charge is -2.14. The summed E-state index contributed by atoms with van der Waals surface area (Å²) in [5.74, 6) is 0. The summed E-state index contributed by atoms with van der Waals surface area (Å²) >= 11 is 1.64. The summed E-state index contributed by atoms with van der Waals surface area (Å²) in [6.07, 6.45) is 1.37. The highest BCUT2D eigenvalue weighted by Crippen LogP contribution is 2.29. The summed E-state index contributed by atoms with van der Waals surface area (Å²) in [4.78, 5) is 2.26. The van der Waals surface area contributed by atoms with Crippen molar-refractivity contribution in [1.29, 1.82) is 0 Å². The first-order valence-electron chi connectivity index (χ1n) is 5.60. The zero-order chi connectivity index (χ0) is 12.5. The topological polar surface area (TPSA) is 55.4 Å². The van der Waals surface area contributed by atoms with Crippen LogP contribution in [0.15, 0.2) is 12.1 Å². The number of thiophene rings is 1. The number of aryl methyl sites for hydroxylation is 1. The third-order valence-electron chi connectivity index (χ3n) is 2.80. The van der Waals surface area contributed by atoms with Gasteiger partial charge in [0.05, 0.1) is 5.25 Å². The molecule has 0 unspecified atom stereocenters. The molecule has 1 aromatic heterocycles. The first-order valence-corrected chi connectivity index (χ1v) is 7.97. The van der Waals surface area contributed by atoms with Gasteiger partial charge in [-0.15, -0.1) is 11.3 Å². The Morgan fingerprint density at radius 2 is 2.24 bits per heavy atom. The normalized spacial score (nSPS) is 18.2. The number of hydrogen-bond acceptors (Lipinski definition) is 4. The Labute approximate surface area is 106 Å². The van der Waals surface area contributed by atoms with E-state index in [0.29, 0.717) is 6.54 Å². The average Bonchev–Trinajstić information content (AvgIpc) is 3.05.